The van der Waals surface area contributed by atoms with Crippen molar-refractivity contribution in [2.24, 2.45) is 4.99 Å². The number of nitrogens with zero attached hydrogens (tertiary/aromatic N) is 2. The number of carbonyl (C=O) groups is 1. The molecule has 5 nitrogen and oxygen atoms in total. The van der Waals surface area contributed by atoms with Crippen molar-refractivity contribution in [1.82, 2.24) is 4.90 Å². The lowest BCUT2D eigenvalue weighted by atomic mass is 10.1. The van der Waals surface area contributed by atoms with Crippen molar-refractivity contribution in [1.29, 1.82) is 0 Å². The van der Waals surface area contributed by atoms with Crippen molar-refractivity contribution in [2.45, 2.75) is 13.5 Å². The quantitative estimate of drug-likeness (QED) is 0.275. The number of aliphatic imine (C=N–C) groups is 1. The molecule has 1 aliphatic heterocycles. The lowest BCUT2D eigenvalue weighted by Gasteiger charge is -2.14. The summed E-state index contributed by atoms with van der Waals surface area (Å²) in [4.78, 5) is 19.7. The van der Waals surface area contributed by atoms with Crippen molar-refractivity contribution in [3.63, 3.8) is 0 Å². The summed E-state index contributed by atoms with van der Waals surface area (Å²) < 4.78 is 25.5. The van der Waals surface area contributed by atoms with Gasteiger partial charge in [0.05, 0.1) is 22.2 Å². The maximum Gasteiger partial charge on any atom is 0.266 e. The van der Waals surface area contributed by atoms with Crippen LogP contribution in [-0.4, -0.2) is 29.6 Å². The highest BCUT2D eigenvalue weighted by atomic mass is 79.9. The number of likely N-dealkylation sites (N-methyl/N-ethyl adjacent to an activating group) is 1. The van der Waals surface area contributed by atoms with E-state index in [1.54, 1.807) is 36.3 Å². The molecule has 0 bridgehead atoms. The van der Waals surface area contributed by atoms with E-state index >= 15 is 0 Å². The van der Waals surface area contributed by atoms with E-state index in [0.29, 0.717) is 43.3 Å². The van der Waals surface area contributed by atoms with Crippen LogP contribution in [0.25, 0.3) is 6.08 Å². The molecule has 0 atom stereocenters. The molecule has 0 spiro atoms. The molecule has 180 valence electrons. The molecule has 0 aliphatic carbocycles. The average molecular weight is 576 g/mol. The monoisotopic (exact) mass is 574 g/mol. The van der Waals surface area contributed by atoms with Crippen LogP contribution in [0, 0.1) is 5.82 Å². The third kappa shape index (κ3) is 5.89. The maximum absolute atomic E-state index is 13.2. The number of carbonyl (C=O) groups excluding carboxylic acids is 1. The molecule has 35 heavy (non-hydrogen) atoms. The van der Waals surface area contributed by atoms with Gasteiger partial charge in [0.15, 0.2) is 16.7 Å². The number of thioether (sulfide) groups is 1. The summed E-state index contributed by atoms with van der Waals surface area (Å²) in [5.41, 5.74) is 2.19. The molecule has 0 aromatic heterocycles. The smallest absolute Gasteiger partial charge is 0.266 e. The van der Waals surface area contributed by atoms with Crippen LogP contribution in [-0.2, 0) is 11.4 Å². The van der Waals surface area contributed by atoms with E-state index in [1.807, 2.05) is 37.3 Å². The molecular formula is C26H21BrClFN2O3S. The summed E-state index contributed by atoms with van der Waals surface area (Å²) in [5.74, 6) is 0.568. The largest absolute Gasteiger partial charge is 0.493 e. The highest BCUT2D eigenvalue weighted by molar-refractivity contribution is 9.10. The number of rotatable bonds is 7. The Morgan fingerprint density at radius 2 is 1.91 bits per heavy atom. The van der Waals surface area contributed by atoms with E-state index in [0.717, 1.165) is 11.1 Å². The van der Waals surface area contributed by atoms with Gasteiger partial charge in [-0.15, -0.1) is 0 Å². The van der Waals surface area contributed by atoms with Crippen LogP contribution in [0.1, 0.15) is 18.1 Å². The van der Waals surface area contributed by atoms with Crippen molar-refractivity contribution < 1.29 is 18.7 Å². The molecule has 1 aliphatic rings. The fourth-order valence-corrected chi connectivity index (χ4v) is 5.20. The Bertz CT molecular complexity index is 1310. The summed E-state index contributed by atoms with van der Waals surface area (Å²) in [5, 5.41) is 1.17. The van der Waals surface area contributed by atoms with Crippen molar-refractivity contribution in [3.8, 4) is 11.5 Å². The summed E-state index contributed by atoms with van der Waals surface area (Å²) in [6.45, 7) is 2.62. The zero-order valence-corrected chi connectivity index (χ0v) is 22.1. The molecular weight excluding hydrogens is 555 g/mol. The van der Waals surface area contributed by atoms with Crippen molar-refractivity contribution >= 4 is 62.1 Å². The third-order valence-electron chi connectivity index (χ3n) is 5.14. The Morgan fingerprint density at radius 1 is 1.17 bits per heavy atom. The summed E-state index contributed by atoms with van der Waals surface area (Å²) in [6, 6.07) is 17.0. The third-order valence-corrected chi connectivity index (χ3v) is 7.10. The topological polar surface area (TPSA) is 51.1 Å². The van der Waals surface area contributed by atoms with Gasteiger partial charge >= 0.3 is 0 Å². The molecule has 1 saturated heterocycles. The van der Waals surface area contributed by atoms with Crippen LogP contribution in [0.5, 0.6) is 11.5 Å². The minimum atomic E-state index is -0.337. The molecule has 0 saturated carbocycles. The molecule has 4 rings (SSSR count). The first-order valence-corrected chi connectivity index (χ1v) is 12.7. The highest BCUT2D eigenvalue weighted by Gasteiger charge is 2.32. The second-order valence-electron chi connectivity index (χ2n) is 7.45. The fraction of sp³-hybridized carbons (Fsp3) is 0.154. The molecule has 3 aromatic rings. The van der Waals surface area contributed by atoms with Crippen LogP contribution >= 0.6 is 39.3 Å². The fourth-order valence-electron chi connectivity index (χ4n) is 3.38. The Hall–Kier alpha value is -2.81. The lowest BCUT2D eigenvalue weighted by molar-refractivity contribution is -0.122. The number of amidine groups is 1. The number of hydrogen-bond acceptors (Lipinski definition) is 5. The van der Waals surface area contributed by atoms with Gasteiger partial charge in [0.25, 0.3) is 5.91 Å². The van der Waals surface area contributed by atoms with Gasteiger partial charge in [-0.25, -0.2) is 9.38 Å². The number of amides is 1. The molecule has 0 radical (unpaired) electrons. The van der Waals surface area contributed by atoms with Gasteiger partial charge < -0.3 is 9.47 Å². The average Bonchev–Trinajstić information content (AvgIpc) is 3.14. The lowest BCUT2D eigenvalue weighted by Crippen LogP contribution is -2.28. The van der Waals surface area contributed by atoms with Gasteiger partial charge in [-0.3, -0.25) is 9.69 Å². The van der Waals surface area contributed by atoms with E-state index in [1.165, 1.54) is 23.9 Å². The summed E-state index contributed by atoms with van der Waals surface area (Å²) in [7, 11) is 1.56. The van der Waals surface area contributed by atoms with Crippen molar-refractivity contribution in [3.05, 3.63) is 92.0 Å². The molecule has 1 amide bonds. The van der Waals surface area contributed by atoms with E-state index in [4.69, 9.17) is 21.1 Å². The second kappa shape index (κ2) is 11.3. The molecule has 9 heteroatoms. The van der Waals surface area contributed by atoms with Gasteiger partial charge in [0.2, 0.25) is 0 Å². The van der Waals surface area contributed by atoms with Crippen LogP contribution in [0.2, 0.25) is 5.02 Å². The van der Waals surface area contributed by atoms with E-state index in [2.05, 4.69) is 20.9 Å². The van der Waals surface area contributed by atoms with Crippen LogP contribution in [0.3, 0.4) is 0 Å². The number of ether oxygens (including phenoxy) is 2. The van der Waals surface area contributed by atoms with Crippen LogP contribution < -0.4 is 9.47 Å². The van der Waals surface area contributed by atoms with Crippen LogP contribution in [0.15, 0.2) is 75.0 Å². The predicted molar refractivity (Wildman–Crippen MR) is 143 cm³/mol. The minimum absolute atomic E-state index is 0.146. The standard InChI is InChI=1S/C26H21BrClFN2O3S/c1-3-31-25(32)23(35-26(31)30-19-10-8-18(29)9-11-19)14-16-12-20(27)24(22(13-16)33-2)34-15-17-6-4-5-7-21(17)28/h4-14H,3,15H2,1-2H3/b23-14-,30-26?. The van der Waals surface area contributed by atoms with Crippen molar-refractivity contribution in [2.75, 3.05) is 13.7 Å². The van der Waals surface area contributed by atoms with Gasteiger partial charge in [-0.1, -0.05) is 29.8 Å². The first-order valence-electron chi connectivity index (χ1n) is 10.7. The van der Waals surface area contributed by atoms with E-state index in [-0.39, 0.29) is 18.3 Å². The van der Waals surface area contributed by atoms with Gasteiger partial charge in [0.1, 0.15) is 12.4 Å². The maximum atomic E-state index is 13.2. The first-order chi connectivity index (χ1) is 16.9. The normalized spacial score (nSPS) is 15.8. The zero-order valence-electron chi connectivity index (χ0n) is 18.9. The molecule has 0 unspecified atom stereocenters. The first kappa shape index (κ1) is 25.3. The van der Waals surface area contributed by atoms with Gasteiger partial charge in [-0.2, -0.15) is 0 Å². The number of hydrogen-bond donors (Lipinski definition) is 0. The Kier molecular flexibility index (Phi) is 8.15. The van der Waals surface area contributed by atoms with Gasteiger partial charge in [0, 0.05) is 17.1 Å². The SMILES string of the molecule is CCN1C(=O)/C(=C/c2cc(Br)c(OCc3ccccc3Cl)c(OC)c2)SC1=Nc1ccc(F)cc1. The molecule has 1 fully saturated rings. The highest BCUT2D eigenvalue weighted by Crippen LogP contribution is 2.40. The van der Waals surface area contributed by atoms with Crippen LogP contribution in [0.4, 0.5) is 10.1 Å². The summed E-state index contributed by atoms with van der Waals surface area (Å²) in [6.07, 6.45) is 1.79. The predicted octanol–water partition coefficient (Wildman–Crippen LogP) is 7.45. The minimum Gasteiger partial charge on any atom is -0.493 e. The molecule has 1 heterocycles. The Morgan fingerprint density at radius 3 is 2.60 bits per heavy atom. The summed E-state index contributed by atoms with van der Waals surface area (Å²) >= 11 is 11.1. The Balaban J connectivity index is 1.59. The zero-order chi connectivity index (χ0) is 24.9. The molecule has 3 aromatic carbocycles. The second-order valence-corrected chi connectivity index (χ2v) is 9.72. The number of benzene rings is 3. The molecule has 0 N–H and O–H groups in total. The van der Waals surface area contributed by atoms with Gasteiger partial charge in [-0.05, 0) is 88.7 Å². The number of halogens is 3. The number of methoxy groups -OCH3 is 1. The van der Waals surface area contributed by atoms with E-state index in [9.17, 15) is 9.18 Å². The van der Waals surface area contributed by atoms with E-state index < -0.39 is 0 Å². The Labute approximate surface area is 220 Å².